The molecule has 4 aliphatic carbocycles. The summed E-state index contributed by atoms with van der Waals surface area (Å²) in [6.07, 6.45) is 0. The van der Waals surface area contributed by atoms with Gasteiger partial charge in [-0.1, -0.05) is 176 Å². The Hall–Kier alpha value is -7.22. The van der Waals surface area contributed by atoms with Crippen molar-refractivity contribution in [2.24, 2.45) is 0 Å². The minimum atomic E-state index is -0.367. The first kappa shape index (κ1) is 29.1. The lowest BCUT2D eigenvalue weighted by atomic mass is 9.70. The molecule has 0 saturated carbocycles. The fourth-order valence-corrected chi connectivity index (χ4v) is 12.8. The lowest BCUT2D eigenvalue weighted by Gasteiger charge is -2.30. The van der Waals surface area contributed by atoms with E-state index in [4.69, 9.17) is 0 Å². The maximum absolute atomic E-state index is 2.60. The zero-order chi connectivity index (χ0) is 36.8. The topological polar surface area (TPSA) is 4.41 Å². The van der Waals surface area contributed by atoms with Gasteiger partial charge >= 0.3 is 0 Å². The molecular weight excluding hydrogens is 687 g/mol. The standard InChI is InChI=1S/C56H31N/c1-7-22-40-32(14-1)33-15-2-8-23-41(33)55(40)44-26-11-5-18-36(44)50-46(55)28-30-48-52(50)38-20-13-21-39-53-49(57(48)54(38)39)31-29-47-51(53)37-19-6-12-27-45(37)56(47)42-24-9-3-16-34(42)35-17-4-10-25-43(35)56/h1-31H. The Morgan fingerprint density at radius 2 is 0.579 bits per heavy atom. The molecule has 0 saturated heterocycles. The molecule has 0 fully saturated rings. The second kappa shape index (κ2) is 9.59. The van der Waals surface area contributed by atoms with E-state index >= 15 is 0 Å². The minimum Gasteiger partial charge on any atom is -0.308 e. The van der Waals surface area contributed by atoms with Crippen LogP contribution in [0.3, 0.4) is 0 Å². The number of hydrogen-bond donors (Lipinski definition) is 0. The predicted octanol–water partition coefficient (Wildman–Crippen LogP) is 13.5. The van der Waals surface area contributed by atoms with Gasteiger partial charge in [0.2, 0.25) is 0 Å². The molecule has 2 heterocycles. The lowest BCUT2D eigenvalue weighted by molar-refractivity contribution is 0.794. The number of para-hydroxylation sites is 1. The molecule has 0 radical (unpaired) electrons. The summed E-state index contributed by atoms with van der Waals surface area (Å²) in [5.41, 5.74) is 25.1. The van der Waals surface area contributed by atoms with Crippen LogP contribution < -0.4 is 0 Å². The summed E-state index contributed by atoms with van der Waals surface area (Å²) in [6.45, 7) is 0. The normalized spacial score (nSPS) is 15.3. The number of nitrogens with zero attached hydrogens (tertiary/aromatic N) is 1. The Morgan fingerprint density at radius 3 is 0.947 bits per heavy atom. The van der Waals surface area contributed by atoms with E-state index in [-0.39, 0.29) is 10.8 Å². The number of rotatable bonds is 0. The van der Waals surface area contributed by atoms with Crippen molar-refractivity contribution in [2.75, 3.05) is 0 Å². The smallest absolute Gasteiger partial charge is 0.0725 e. The summed E-state index contributed by atoms with van der Waals surface area (Å²) < 4.78 is 2.60. The molecular formula is C56H31N. The van der Waals surface area contributed by atoms with Crippen LogP contribution in [0.1, 0.15) is 44.5 Å². The van der Waals surface area contributed by atoms with E-state index in [2.05, 4.69) is 192 Å². The van der Waals surface area contributed by atoms with Gasteiger partial charge in [-0.25, -0.2) is 0 Å². The third kappa shape index (κ3) is 2.93. The van der Waals surface area contributed by atoms with Crippen molar-refractivity contribution < 1.29 is 0 Å². The van der Waals surface area contributed by atoms with Crippen LogP contribution in [0.4, 0.5) is 0 Å². The molecule has 57 heavy (non-hydrogen) atoms. The molecule has 0 amide bonds. The Kier molecular flexibility index (Phi) is 4.90. The van der Waals surface area contributed by atoms with Gasteiger partial charge in [0.25, 0.3) is 0 Å². The first-order chi connectivity index (χ1) is 28.3. The average Bonchev–Trinajstić information content (AvgIpc) is 4.09. The van der Waals surface area contributed by atoms with E-state index in [0.29, 0.717) is 0 Å². The highest BCUT2D eigenvalue weighted by atomic mass is 14.9. The first-order valence-electron chi connectivity index (χ1n) is 20.2. The third-order valence-electron chi connectivity index (χ3n) is 14.6. The molecule has 0 N–H and O–H groups in total. The minimum absolute atomic E-state index is 0.367. The number of aromatic nitrogens is 1. The van der Waals surface area contributed by atoms with Crippen LogP contribution >= 0.6 is 0 Å². The quantitative estimate of drug-likeness (QED) is 0.147. The van der Waals surface area contributed by atoms with Gasteiger partial charge in [0.05, 0.1) is 27.4 Å². The van der Waals surface area contributed by atoms with Gasteiger partial charge in [0, 0.05) is 21.5 Å². The Labute approximate surface area is 329 Å². The van der Waals surface area contributed by atoms with Crippen molar-refractivity contribution in [3.63, 3.8) is 0 Å². The van der Waals surface area contributed by atoms with Crippen molar-refractivity contribution in [1.29, 1.82) is 0 Å². The zero-order valence-electron chi connectivity index (χ0n) is 30.8. The summed E-state index contributed by atoms with van der Waals surface area (Å²) in [5.74, 6) is 0. The molecule has 1 heteroatoms. The second-order valence-electron chi connectivity index (χ2n) is 16.6. The molecule has 0 bridgehead atoms. The molecule has 0 unspecified atom stereocenters. The van der Waals surface area contributed by atoms with Gasteiger partial charge in [-0.2, -0.15) is 0 Å². The van der Waals surface area contributed by atoms with Gasteiger partial charge in [-0.15, -0.1) is 0 Å². The van der Waals surface area contributed by atoms with E-state index < -0.39 is 0 Å². The lowest BCUT2D eigenvalue weighted by Crippen LogP contribution is -2.25. The summed E-state index contributed by atoms with van der Waals surface area (Å²) in [5, 5.41) is 5.37. The van der Waals surface area contributed by atoms with Gasteiger partial charge in [-0.05, 0) is 101 Å². The third-order valence-corrected chi connectivity index (χ3v) is 14.6. The van der Waals surface area contributed by atoms with Crippen LogP contribution in [0.5, 0.6) is 0 Å². The van der Waals surface area contributed by atoms with Crippen LogP contribution in [0.15, 0.2) is 188 Å². The summed E-state index contributed by atoms with van der Waals surface area (Å²) in [7, 11) is 0. The second-order valence-corrected chi connectivity index (χ2v) is 16.6. The largest absolute Gasteiger partial charge is 0.308 e. The average molecular weight is 718 g/mol. The molecule has 4 aliphatic rings. The number of fused-ring (bicyclic) bond motifs is 28. The van der Waals surface area contributed by atoms with Crippen molar-refractivity contribution >= 4 is 38.1 Å². The molecule has 15 rings (SSSR count). The van der Waals surface area contributed by atoms with Crippen LogP contribution in [-0.4, -0.2) is 4.40 Å². The summed E-state index contributed by atoms with van der Waals surface area (Å²) in [6, 6.07) is 71.8. The Bertz CT molecular complexity index is 3320. The van der Waals surface area contributed by atoms with E-state index in [1.54, 1.807) is 0 Å². The summed E-state index contributed by atoms with van der Waals surface area (Å²) in [4.78, 5) is 0. The van der Waals surface area contributed by atoms with Gasteiger partial charge < -0.3 is 4.40 Å². The van der Waals surface area contributed by atoms with Crippen LogP contribution in [0.2, 0.25) is 0 Å². The Morgan fingerprint density at radius 1 is 0.263 bits per heavy atom. The zero-order valence-corrected chi connectivity index (χ0v) is 30.8. The molecule has 11 aromatic rings. The number of benzene rings is 9. The highest BCUT2D eigenvalue weighted by Gasteiger charge is 2.54. The van der Waals surface area contributed by atoms with Crippen LogP contribution in [-0.2, 0) is 10.8 Å². The van der Waals surface area contributed by atoms with Gasteiger partial charge in [0.1, 0.15) is 0 Å². The van der Waals surface area contributed by atoms with Crippen molar-refractivity contribution in [3.8, 4) is 44.5 Å². The van der Waals surface area contributed by atoms with E-state index in [1.165, 1.54) is 127 Å². The maximum atomic E-state index is 2.60. The van der Waals surface area contributed by atoms with Crippen molar-refractivity contribution in [2.45, 2.75) is 10.8 Å². The summed E-state index contributed by atoms with van der Waals surface area (Å²) >= 11 is 0. The fourth-order valence-electron chi connectivity index (χ4n) is 12.8. The molecule has 1 nitrogen and oxygen atoms in total. The predicted molar refractivity (Wildman–Crippen MR) is 234 cm³/mol. The number of hydrogen-bond acceptors (Lipinski definition) is 0. The molecule has 0 atom stereocenters. The monoisotopic (exact) mass is 717 g/mol. The van der Waals surface area contributed by atoms with Crippen LogP contribution in [0.25, 0.3) is 82.6 Å². The molecule has 260 valence electrons. The molecule has 9 aromatic carbocycles. The van der Waals surface area contributed by atoms with Gasteiger partial charge in [0.15, 0.2) is 0 Å². The van der Waals surface area contributed by atoms with Gasteiger partial charge in [-0.3, -0.25) is 0 Å². The van der Waals surface area contributed by atoms with E-state index in [1.807, 2.05) is 0 Å². The molecule has 0 aliphatic heterocycles. The van der Waals surface area contributed by atoms with E-state index in [9.17, 15) is 0 Å². The van der Waals surface area contributed by atoms with Crippen LogP contribution in [0, 0.1) is 0 Å². The van der Waals surface area contributed by atoms with Crippen molar-refractivity contribution in [1.82, 2.24) is 4.40 Å². The highest BCUT2D eigenvalue weighted by Crippen LogP contribution is 2.66. The molecule has 2 aromatic heterocycles. The van der Waals surface area contributed by atoms with Crippen molar-refractivity contribution in [3.05, 3.63) is 233 Å². The Balaban J connectivity index is 1.09. The van der Waals surface area contributed by atoms with E-state index in [0.717, 1.165) is 0 Å². The highest BCUT2D eigenvalue weighted by molar-refractivity contribution is 6.29. The first-order valence-corrected chi connectivity index (χ1v) is 20.2. The SMILES string of the molecule is c1ccc2c(c1)-c1ccccc1C21c2ccccc2-c2c1ccc1c2c2cccc3c4c5c(ccc4n1c23)C1(c2ccccc2-c2ccccc21)c1ccccc1-5. The maximum Gasteiger partial charge on any atom is 0.0725 e. The molecule has 2 spiro atoms. The fraction of sp³-hybridized carbons (Fsp3) is 0.0357.